The van der Waals surface area contributed by atoms with Gasteiger partial charge >= 0.3 is 7.12 Å². The van der Waals surface area contributed by atoms with Gasteiger partial charge in [-0.3, -0.25) is 0 Å². The fourth-order valence-electron chi connectivity index (χ4n) is 4.21. The summed E-state index contributed by atoms with van der Waals surface area (Å²) in [4.78, 5) is 0. The number of benzene rings is 5. The van der Waals surface area contributed by atoms with E-state index in [1.165, 1.54) is 0 Å². The lowest BCUT2D eigenvalue weighted by atomic mass is 9.78. The van der Waals surface area contributed by atoms with E-state index < -0.39 is 132 Å². The van der Waals surface area contributed by atoms with Crippen molar-refractivity contribution >= 4 is 44.9 Å². The van der Waals surface area contributed by atoms with Gasteiger partial charge < -0.3 is 9.68 Å². The van der Waals surface area contributed by atoms with Crippen molar-refractivity contribution in [3.8, 4) is 5.75 Å². The van der Waals surface area contributed by atoms with Crippen LogP contribution in [0.4, 0.5) is 61.5 Å². The second-order valence-electron chi connectivity index (χ2n) is 7.86. The van der Waals surface area contributed by atoms with Crippen molar-refractivity contribution in [3.05, 3.63) is 81.4 Å². The fourth-order valence-corrected chi connectivity index (χ4v) is 4.21. The molecule has 0 unspecified atom stereocenters. The molecule has 5 aromatic rings. The summed E-state index contributed by atoms with van der Waals surface area (Å²) in [6.45, 7) is 0. The molecule has 0 aliphatic rings. The van der Waals surface area contributed by atoms with Crippen LogP contribution in [0.1, 0.15) is 0 Å². The molecule has 0 atom stereocenters. The predicted octanol–water partition coefficient (Wildman–Crippen LogP) is 6.30. The molecule has 0 heterocycles. The van der Waals surface area contributed by atoms with Crippen molar-refractivity contribution < 1.29 is 71.1 Å². The second kappa shape index (κ2) is 8.49. The monoisotopic (exact) mass is 574 g/mol. The van der Waals surface area contributed by atoms with Crippen molar-refractivity contribution in [2.45, 2.75) is 0 Å². The molecule has 0 aromatic heterocycles. The summed E-state index contributed by atoms with van der Waals surface area (Å²) in [5.74, 6) is -38.7. The molecular weight excluding hydrogens is 573 g/mol. The van der Waals surface area contributed by atoms with Crippen LogP contribution in [-0.2, 0) is 0 Å². The summed E-state index contributed by atoms with van der Waals surface area (Å²) in [6.07, 6.45) is 0. The van der Waals surface area contributed by atoms with Crippen molar-refractivity contribution in [2.75, 3.05) is 0 Å². The third kappa shape index (κ3) is 3.22. The zero-order chi connectivity index (χ0) is 29.0. The molecule has 2 nitrogen and oxygen atoms in total. The molecule has 0 saturated carbocycles. The van der Waals surface area contributed by atoms with Gasteiger partial charge in [0, 0.05) is 10.8 Å². The molecule has 0 aliphatic heterocycles. The molecule has 0 radical (unpaired) electrons. The second-order valence-corrected chi connectivity index (χ2v) is 7.86. The van der Waals surface area contributed by atoms with Crippen LogP contribution >= 0.6 is 0 Å². The van der Waals surface area contributed by atoms with E-state index in [2.05, 4.69) is 4.65 Å². The highest BCUT2D eigenvalue weighted by molar-refractivity contribution is 6.61. The van der Waals surface area contributed by atoms with Gasteiger partial charge in [-0.05, 0) is 0 Å². The average molecular weight is 574 g/mol. The van der Waals surface area contributed by atoms with E-state index in [0.717, 1.165) is 0 Å². The summed E-state index contributed by atoms with van der Waals surface area (Å²) >= 11 is 0. The topological polar surface area (TPSA) is 29.5 Å². The Kier molecular flexibility index (Phi) is 5.79. The molecule has 5 aromatic carbocycles. The Morgan fingerprint density at radius 1 is 0.333 bits per heavy atom. The van der Waals surface area contributed by atoms with Crippen LogP contribution in [-0.4, -0.2) is 12.1 Å². The van der Waals surface area contributed by atoms with E-state index in [0.29, 0.717) is 0 Å². The highest BCUT2D eigenvalue weighted by Crippen LogP contribution is 2.48. The maximum atomic E-state index is 15.1. The standard InChI is InChI=1S/C22HBF14O2/c24-8-3-1-2-5(9(8)25)13(29)21(37)22(6(2)14(30)10(26)4(1)12(28)17(33)11(3)27)39-23(38)7-15(31)18(34)20(36)19(35)16(7)32/h38H. The van der Waals surface area contributed by atoms with E-state index in [9.17, 15) is 62.1 Å². The quantitative estimate of drug-likeness (QED) is 0.0903. The minimum Gasteiger partial charge on any atom is -0.530 e. The number of halogens is 14. The van der Waals surface area contributed by atoms with Gasteiger partial charge in [-0.2, -0.15) is 4.39 Å². The lowest BCUT2D eigenvalue weighted by molar-refractivity contribution is 0.370. The molecule has 0 fully saturated rings. The van der Waals surface area contributed by atoms with Gasteiger partial charge in [0.2, 0.25) is 0 Å². The third-order valence-electron chi connectivity index (χ3n) is 5.90. The van der Waals surface area contributed by atoms with Crippen molar-refractivity contribution in [3.63, 3.8) is 0 Å². The van der Waals surface area contributed by atoms with Crippen LogP contribution in [0.3, 0.4) is 0 Å². The first-order valence-corrected chi connectivity index (χ1v) is 9.88. The minimum absolute atomic E-state index is 1.59. The van der Waals surface area contributed by atoms with Crippen LogP contribution in [0.25, 0.3) is 32.3 Å². The lowest BCUT2D eigenvalue weighted by Gasteiger charge is -2.20. The van der Waals surface area contributed by atoms with Gasteiger partial charge in [-0.1, -0.05) is 0 Å². The predicted molar refractivity (Wildman–Crippen MR) is 104 cm³/mol. The molecule has 0 spiro atoms. The van der Waals surface area contributed by atoms with Gasteiger partial charge in [-0.15, -0.1) is 0 Å². The van der Waals surface area contributed by atoms with E-state index in [-0.39, 0.29) is 0 Å². The smallest absolute Gasteiger partial charge is 0.530 e. The Labute approximate surface area is 204 Å². The van der Waals surface area contributed by atoms with Crippen molar-refractivity contribution in [1.82, 2.24) is 0 Å². The molecule has 17 heteroatoms. The Morgan fingerprint density at radius 3 is 1.05 bits per heavy atom. The molecule has 39 heavy (non-hydrogen) atoms. The largest absolute Gasteiger partial charge is 0.566 e. The maximum Gasteiger partial charge on any atom is 0.566 e. The Bertz CT molecular complexity index is 1850. The molecule has 0 bridgehead atoms. The van der Waals surface area contributed by atoms with E-state index in [4.69, 9.17) is 0 Å². The maximum absolute atomic E-state index is 15.1. The molecule has 5 rings (SSSR count). The SMILES string of the molecule is OB(Oc1c(F)c(F)c2c(F)c(F)c3c(F)c(F)c(F)c4c(F)c(F)c1c2c34)c1c(F)c(F)c(F)c(F)c1F. The van der Waals surface area contributed by atoms with Crippen molar-refractivity contribution in [1.29, 1.82) is 0 Å². The van der Waals surface area contributed by atoms with Gasteiger partial charge in [0.25, 0.3) is 0 Å². The van der Waals surface area contributed by atoms with Gasteiger partial charge in [0.05, 0.1) is 27.0 Å². The van der Waals surface area contributed by atoms with Crippen LogP contribution in [0.5, 0.6) is 5.75 Å². The zero-order valence-electron chi connectivity index (χ0n) is 17.7. The summed E-state index contributed by atoms with van der Waals surface area (Å²) in [7, 11) is -3.52. The van der Waals surface area contributed by atoms with Gasteiger partial charge in [0.1, 0.15) is 0 Å². The van der Waals surface area contributed by atoms with Crippen LogP contribution < -0.4 is 10.1 Å². The third-order valence-corrected chi connectivity index (χ3v) is 5.90. The lowest BCUT2D eigenvalue weighted by Crippen LogP contribution is -2.43. The summed E-state index contributed by atoms with van der Waals surface area (Å²) in [6, 6.07) is 0. The van der Waals surface area contributed by atoms with E-state index in [1.54, 1.807) is 0 Å². The first-order valence-electron chi connectivity index (χ1n) is 9.88. The molecule has 0 saturated heterocycles. The fraction of sp³-hybridized carbons (Fsp3) is 0. The molecule has 0 amide bonds. The Balaban J connectivity index is 1.96. The highest BCUT2D eigenvalue weighted by atomic mass is 19.2. The normalized spacial score (nSPS) is 12.0. The molecular formula is C22HBF14O2. The zero-order valence-corrected chi connectivity index (χ0v) is 17.7. The summed E-state index contributed by atoms with van der Waals surface area (Å²) in [5, 5.41) is -0.821. The van der Waals surface area contributed by atoms with Crippen molar-refractivity contribution in [2.24, 2.45) is 0 Å². The number of hydrogen-bond acceptors (Lipinski definition) is 2. The minimum atomic E-state index is -3.52. The Morgan fingerprint density at radius 2 is 0.615 bits per heavy atom. The molecule has 1 N–H and O–H groups in total. The Hall–Kier alpha value is -4.02. The molecule has 0 aliphatic carbocycles. The number of rotatable bonds is 3. The summed E-state index contributed by atoms with van der Waals surface area (Å²) < 4.78 is 205. The van der Waals surface area contributed by atoms with Gasteiger partial charge in [-0.25, -0.2) is 57.1 Å². The van der Waals surface area contributed by atoms with E-state index >= 15 is 4.39 Å². The van der Waals surface area contributed by atoms with Crippen LogP contribution in [0.2, 0.25) is 0 Å². The average Bonchev–Trinajstić information content (AvgIpc) is 2.89. The first kappa shape index (κ1) is 26.6. The van der Waals surface area contributed by atoms with Crippen LogP contribution in [0.15, 0.2) is 0 Å². The van der Waals surface area contributed by atoms with Crippen LogP contribution in [0, 0.1) is 81.4 Å². The highest BCUT2D eigenvalue weighted by Gasteiger charge is 2.39. The number of hydrogen-bond donors (Lipinski definition) is 1. The van der Waals surface area contributed by atoms with E-state index in [1.807, 2.05) is 0 Å². The first-order chi connectivity index (χ1) is 18.1. The van der Waals surface area contributed by atoms with Gasteiger partial charge in [0.15, 0.2) is 87.2 Å². The summed E-state index contributed by atoms with van der Waals surface area (Å²) in [5.41, 5.74) is -2.24. The molecule has 202 valence electrons.